The third-order valence-corrected chi connectivity index (χ3v) is 5.12. The Kier molecular flexibility index (Phi) is 5.04. The fourth-order valence-electron chi connectivity index (χ4n) is 3.34. The molecule has 0 saturated carbocycles. The molecule has 148 valence electrons. The summed E-state index contributed by atoms with van der Waals surface area (Å²) < 4.78 is 56.7. The summed E-state index contributed by atoms with van der Waals surface area (Å²) in [5, 5.41) is 5.85. The van der Waals surface area contributed by atoms with Crippen molar-refractivity contribution in [1.29, 1.82) is 0 Å². The van der Waals surface area contributed by atoms with Crippen LogP contribution in [0, 0.1) is 30.2 Å². The molecular weight excluding hydrogens is 404 g/mol. The van der Waals surface area contributed by atoms with Crippen molar-refractivity contribution in [3.8, 4) is 0 Å². The van der Waals surface area contributed by atoms with Gasteiger partial charge in [-0.2, -0.15) is 5.10 Å². The highest BCUT2D eigenvalue weighted by Crippen LogP contribution is 2.40. The molecule has 3 aromatic carbocycles. The first-order chi connectivity index (χ1) is 13.8. The molecule has 1 heterocycles. The number of aryl methyl sites for hydroxylation is 1. The zero-order valence-electron chi connectivity index (χ0n) is 15.3. The third kappa shape index (κ3) is 3.60. The molecule has 0 N–H and O–H groups in total. The minimum absolute atomic E-state index is 0.187. The van der Waals surface area contributed by atoms with Gasteiger partial charge in [-0.15, -0.1) is 0 Å². The Labute approximate surface area is 170 Å². The van der Waals surface area contributed by atoms with E-state index in [4.69, 9.17) is 11.6 Å². The van der Waals surface area contributed by atoms with E-state index < -0.39 is 35.0 Å². The summed E-state index contributed by atoms with van der Waals surface area (Å²) in [6, 6.07) is 13.7. The number of rotatable bonds is 3. The quantitative estimate of drug-likeness (QED) is 0.347. The Bertz CT molecular complexity index is 1070. The van der Waals surface area contributed by atoms with E-state index in [1.54, 1.807) is 24.3 Å². The topological polar surface area (TPSA) is 15.6 Å². The minimum Gasteiger partial charge on any atom is -0.251 e. The van der Waals surface area contributed by atoms with E-state index in [0.29, 0.717) is 22.7 Å². The van der Waals surface area contributed by atoms with Crippen molar-refractivity contribution in [1.82, 2.24) is 0 Å². The molecule has 0 aromatic heterocycles. The molecule has 0 spiro atoms. The average molecular weight is 419 g/mol. The van der Waals surface area contributed by atoms with Gasteiger partial charge in [-0.3, -0.25) is 5.01 Å². The molecule has 0 fully saturated rings. The molecule has 0 aliphatic carbocycles. The third-order valence-electron chi connectivity index (χ3n) is 4.87. The van der Waals surface area contributed by atoms with Gasteiger partial charge in [-0.1, -0.05) is 53.6 Å². The molecule has 1 aliphatic heterocycles. The first kappa shape index (κ1) is 19.5. The van der Waals surface area contributed by atoms with Crippen LogP contribution < -0.4 is 5.01 Å². The van der Waals surface area contributed by atoms with Crippen LogP contribution in [0.1, 0.15) is 29.2 Å². The molecule has 3 aromatic rings. The molecule has 0 unspecified atom stereocenters. The number of benzene rings is 3. The summed E-state index contributed by atoms with van der Waals surface area (Å²) in [6.07, 6.45) is 0.293. The van der Waals surface area contributed by atoms with Crippen molar-refractivity contribution < 1.29 is 17.6 Å². The lowest BCUT2D eigenvalue weighted by atomic mass is 9.97. The summed E-state index contributed by atoms with van der Waals surface area (Å²) in [5.41, 5.74) is 2.15. The largest absolute Gasteiger partial charge is 0.251 e. The van der Waals surface area contributed by atoms with Crippen LogP contribution in [-0.4, -0.2) is 5.71 Å². The van der Waals surface area contributed by atoms with Gasteiger partial charge in [0.25, 0.3) is 0 Å². The highest BCUT2D eigenvalue weighted by molar-refractivity contribution is 6.30. The Hall–Kier alpha value is -2.86. The van der Waals surface area contributed by atoms with Crippen LogP contribution in [0.2, 0.25) is 5.02 Å². The Morgan fingerprint density at radius 1 is 0.897 bits per heavy atom. The molecule has 1 aliphatic rings. The number of hydrazone groups is 1. The van der Waals surface area contributed by atoms with Crippen LogP contribution in [-0.2, 0) is 0 Å². The summed E-state index contributed by atoms with van der Waals surface area (Å²) >= 11 is 5.94. The van der Waals surface area contributed by atoms with E-state index in [1.807, 2.05) is 31.2 Å². The van der Waals surface area contributed by atoms with Gasteiger partial charge in [0.15, 0.2) is 23.3 Å². The zero-order valence-corrected chi connectivity index (χ0v) is 16.0. The van der Waals surface area contributed by atoms with E-state index in [-0.39, 0.29) is 6.07 Å². The van der Waals surface area contributed by atoms with E-state index in [9.17, 15) is 17.6 Å². The summed E-state index contributed by atoms with van der Waals surface area (Å²) in [4.78, 5) is 0. The zero-order chi connectivity index (χ0) is 20.7. The number of hydrogen-bond acceptors (Lipinski definition) is 2. The predicted octanol–water partition coefficient (Wildman–Crippen LogP) is 6.56. The van der Waals surface area contributed by atoms with E-state index in [2.05, 4.69) is 5.10 Å². The van der Waals surface area contributed by atoms with Crippen LogP contribution in [0.15, 0.2) is 59.7 Å². The second-order valence-electron chi connectivity index (χ2n) is 6.85. The molecule has 2 nitrogen and oxygen atoms in total. The van der Waals surface area contributed by atoms with Gasteiger partial charge in [-0.25, -0.2) is 17.6 Å². The highest BCUT2D eigenvalue weighted by atomic mass is 35.5. The van der Waals surface area contributed by atoms with E-state index in [0.717, 1.165) is 16.1 Å². The molecule has 0 amide bonds. The van der Waals surface area contributed by atoms with Crippen LogP contribution in [0.3, 0.4) is 0 Å². The maximum absolute atomic E-state index is 14.5. The van der Waals surface area contributed by atoms with E-state index >= 15 is 0 Å². The van der Waals surface area contributed by atoms with Crippen molar-refractivity contribution in [3.05, 3.63) is 99.6 Å². The van der Waals surface area contributed by atoms with Gasteiger partial charge in [0, 0.05) is 17.5 Å². The summed E-state index contributed by atoms with van der Waals surface area (Å²) in [7, 11) is 0. The maximum atomic E-state index is 14.5. The smallest absolute Gasteiger partial charge is 0.187 e. The van der Waals surface area contributed by atoms with Crippen LogP contribution in [0.25, 0.3) is 0 Å². The lowest BCUT2D eigenvalue weighted by molar-refractivity contribution is 0.448. The average Bonchev–Trinajstić information content (AvgIpc) is 3.13. The number of anilines is 1. The van der Waals surface area contributed by atoms with Crippen molar-refractivity contribution >= 4 is 23.0 Å². The van der Waals surface area contributed by atoms with Gasteiger partial charge < -0.3 is 0 Å². The first-order valence-electron chi connectivity index (χ1n) is 8.87. The molecule has 0 bridgehead atoms. The summed E-state index contributed by atoms with van der Waals surface area (Å²) in [6.45, 7) is 1.93. The van der Waals surface area contributed by atoms with Gasteiger partial charge in [0.05, 0.1) is 11.8 Å². The fourth-order valence-corrected chi connectivity index (χ4v) is 3.47. The van der Waals surface area contributed by atoms with Gasteiger partial charge >= 0.3 is 0 Å². The number of hydrogen-bond donors (Lipinski definition) is 0. The molecule has 1 atom stereocenters. The molecule has 7 heteroatoms. The van der Waals surface area contributed by atoms with Gasteiger partial charge in [-0.05, 0) is 30.2 Å². The van der Waals surface area contributed by atoms with E-state index in [1.165, 1.54) is 0 Å². The number of nitrogens with zero attached hydrogens (tertiary/aromatic N) is 2. The van der Waals surface area contributed by atoms with Crippen molar-refractivity contribution in [2.45, 2.75) is 19.4 Å². The lowest BCUT2D eigenvalue weighted by Crippen LogP contribution is -2.22. The van der Waals surface area contributed by atoms with Crippen molar-refractivity contribution in [3.63, 3.8) is 0 Å². The second kappa shape index (κ2) is 7.52. The van der Waals surface area contributed by atoms with Crippen LogP contribution in [0.5, 0.6) is 0 Å². The van der Waals surface area contributed by atoms with Crippen LogP contribution >= 0.6 is 11.6 Å². The van der Waals surface area contributed by atoms with Crippen molar-refractivity contribution in [2.75, 3.05) is 5.01 Å². The van der Waals surface area contributed by atoms with Crippen molar-refractivity contribution in [2.24, 2.45) is 5.10 Å². The molecular formula is C22H15ClF4N2. The van der Waals surface area contributed by atoms with Crippen LogP contribution in [0.4, 0.5) is 23.2 Å². The molecule has 0 radical (unpaired) electrons. The highest BCUT2D eigenvalue weighted by Gasteiger charge is 2.35. The molecule has 29 heavy (non-hydrogen) atoms. The Morgan fingerprint density at radius 2 is 1.48 bits per heavy atom. The fraction of sp³-hybridized carbons (Fsp3) is 0.136. The monoisotopic (exact) mass is 418 g/mol. The summed E-state index contributed by atoms with van der Waals surface area (Å²) in [5.74, 6) is -5.94. The lowest BCUT2D eigenvalue weighted by Gasteiger charge is -2.25. The Morgan fingerprint density at radius 3 is 2.07 bits per heavy atom. The molecule has 4 rings (SSSR count). The first-order valence-corrected chi connectivity index (χ1v) is 9.25. The SMILES string of the molecule is Cc1ccc(C2=NN(c3c(F)c(F)cc(F)c3F)[C@H](c3ccc(Cl)cc3)C2)cc1. The van der Waals surface area contributed by atoms with Gasteiger partial charge in [0.1, 0.15) is 5.69 Å². The minimum atomic E-state index is -1.49. The van der Waals surface area contributed by atoms with Gasteiger partial charge in [0.2, 0.25) is 0 Å². The Balaban J connectivity index is 1.86. The number of halogens is 5. The predicted molar refractivity (Wildman–Crippen MR) is 105 cm³/mol. The molecule has 0 saturated heterocycles. The second-order valence-corrected chi connectivity index (χ2v) is 7.28. The standard InChI is InChI=1S/C22H15ClF4N2/c1-12-2-4-13(5-3-12)18-11-19(14-6-8-15(23)9-7-14)29(28-18)22-20(26)16(24)10-17(25)21(22)27/h2-10,19H,11H2,1H3/t19-/m0/s1. The normalized spacial score (nSPS) is 16.3. The maximum Gasteiger partial charge on any atom is 0.187 e.